The molecule has 0 saturated heterocycles. The van der Waals surface area contributed by atoms with Gasteiger partial charge in [0.25, 0.3) is 0 Å². The highest BCUT2D eigenvalue weighted by molar-refractivity contribution is 7.12. The zero-order chi connectivity index (χ0) is 15.9. The summed E-state index contributed by atoms with van der Waals surface area (Å²) in [6, 6.07) is 11.2. The van der Waals surface area contributed by atoms with Crippen molar-refractivity contribution in [2.24, 2.45) is 0 Å². The van der Waals surface area contributed by atoms with Crippen LogP contribution in [0.5, 0.6) is 0 Å². The number of hydrogen-bond donors (Lipinski definition) is 2. The smallest absolute Gasteiger partial charge is 0.315 e. The van der Waals surface area contributed by atoms with Crippen LogP contribution in [0.15, 0.2) is 36.4 Å². The third kappa shape index (κ3) is 5.02. The van der Waals surface area contributed by atoms with Gasteiger partial charge >= 0.3 is 6.03 Å². The predicted octanol–water partition coefficient (Wildman–Crippen LogP) is 3.90. The summed E-state index contributed by atoms with van der Waals surface area (Å²) in [7, 11) is 1.65. The van der Waals surface area contributed by atoms with Crippen molar-refractivity contribution in [2.45, 2.75) is 19.6 Å². The normalized spacial score (nSPS) is 12.0. The number of urea groups is 1. The highest BCUT2D eigenvalue weighted by atomic mass is 35.5. The minimum absolute atomic E-state index is 0.125. The first-order valence-electron chi connectivity index (χ1n) is 6.93. The van der Waals surface area contributed by atoms with Crippen LogP contribution in [0, 0.1) is 6.92 Å². The van der Waals surface area contributed by atoms with Gasteiger partial charge in [0, 0.05) is 28.4 Å². The minimum Gasteiger partial charge on any atom is -0.374 e. The third-order valence-electron chi connectivity index (χ3n) is 3.18. The van der Waals surface area contributed by atoms with Crippen molar-refractivity contribution in [1.29, 1.82) is 0 Å². The molecule has 2 rings (SSSR count). The lowest BCUT2D eigenvalue weighted by Gasteiger charge is -2.15. The van der Waals surface area contributed by atoms with E-state index in [0.717, 1.165) is 10.4 Å². The van der Waals surface area contributed by atoms with Crippen molar-refractivity contribution in [3.05, 3.63) is 56.7 Å². The molecule has 4 nitrogen and oxygen atoms in total. The molecule has 118 valence electrons. The van der Waals surface area contributed by atoms with E-state index < -0.39 is 0 Å². The Kier molecular flexibility index (Phi) is 6.24. The first kappa shape index (κ1) is 16.8. The number of aryl methyl sites for hydroxylation is 1. The van der Waals surface area contributed by atoms with Gasteiger partial charge in [-0.05, 0) is 36.8 Å². The first-order chi connectivity index (χ1) is 10.6. The molecule has 2 N–H and O–H groups in total. The van der Waals surface area contributed by atoms with Gasteiger partial charge in [0.15, 0.2) is 0 Å². The Morgan fingerprint density at radius 1 is 1.23 bits per heavy atom. The lowest BCUT2D eigenvalue weighted by Crippen LogP contribution is -2.37. The Morgan fingerprint density at radius 3 is 2.55 bits per heavy atom. The van der Waals surface area contributed by atoms with Gasteiger partial charge in [0.2, 0.25) is 0 Å². The molecule has 0 aliphatic heterocycles. The van der Waals surface area contributed by atoms with Gasteiger partial charge in [-0.3, -0.25) is 0 Å². The van der Waals surface area contributed by atoms with E-state index >= 15 is 0 Å². The van der Waals surface area contributed by atoms with Crippen molar-refractivity contribution < 1.29 is 9.53 Å². The largest absolute Gasteiger partial charge is 0.374 e. The summed E-state index contributed by atoms with van der Waals surface area (Å²) < 4.78 is 5.43. The van der Waals surface area contributed by atoms with E-state index in [2.05, 4.69) is 10.6 Å². The van der Waals surface area contributed by atoms with Crippen LogP contribution in [0.1, 0.15) is 21.4 Å². The Balaban J connectivity index is 1.78. The number of carbonyl (C=O) groups excluding carboxylic acids is 1. The Morgan fingerprint density at radius 2 is 1.95 bits per heavy atom. The number of hydrogen-bond acceptors (Lipinski definition) is 3. The van der Waals surface area contributed by atoms with Gasteiger partial charge in [-0.1, -0.05) is 23.7 Å². The fraction of sp³-hybridized carbons (Fsp3) is 0.312. The molecule has 1 unspecified atom stereocenters. The lowest BCUT2D eigenvalue weighted by atomic mass is 10.2. The molecule has 1 aromatic carbocycles. The quantitative estimate of drug-likeness (QED) is 0.839. The monoisotopic (exact) mass is 338 g/mol. The van der Waals surface area contributed by atoms with Gasteiger partial charge < -0.3 is 15.4 Å². The van der Waals surface area contributed by atoms with Crippen LogP contribution in [0.4, 0.5) is 4.79 Å². The van der Waals surface area contributed by atoms with Gasteiger partial charge in [-0.15, -0.1) is 11.3 Å². The number of benzene rings is 1. The Bertz CT molecular complexity index is 613. The van der Waals surface area contributed by atoms with Gasteiger partial charge in [-0.25, -0.2) is 4.79 Å². The molecule has 22 heavy (non-hydrogen) atoms. The number of methoxy groups -OCH3 is 1. The molecule has 1 heterocycles. The molecular weight excluding hydrogens is 320 g/mol. The van der Waals surface area contributed by atoms with Crippen LogP contribution >= 0.6 is 22.9 Å². The van der Waals surface area contributed by atoms with Gasteiger partial charge in [0.05, 0.1) is 6.54 Å². The molecule has 2 aromatic rings. The van der Waals surface area contributed by atoms with Crippen molar-refractivity contribution in [3.63, 3.8) is 0 Å². The highest BCUT2D eigenvalue weighted by Crippen LogP contribution is 2.24. The molecule has 0 spiro atoms. The molecular formula is C16H19ClN2O2S. The second kappa shape index (κ2) is 8.17. The summed E-state index contributed by atoms with van der Waals surface area (Å²) in [5.74, 6) is 0. The van der Waals surface area contributed by atoms with Crippen LogP contribution < -0.4 is 10.6 Å². The molecule has 1 aromatic heterocycles. The van der Waals surface area contributed by atoms with Crippen molar-refractivity contribution in [1.82, 2.24) is 10.6 Å². The fourth-order valence-corrected chi connectivity index (χ4v) is 3.04. The summed E-state index contributed by atoms with van der Waals surface area (Å²) in [5, 5.41) is 6.32. The molecule has 6 heteroatoms. The second-order valence-electron chi connectivity index (χ2n) is 4.86. The average molecular weight is 339 g/mol. The molecule has 0 radical (unpaired) electrons. The maximum absolute atomic E-state index is 11.8. The maximum Gasteiger partial charge on any atom is 0.315 e. The molecule has 2 amide bonds. The molecule has 1 atom stereocenters. The van der Waals surface area contributed by atoms with E-state index in [9.17, 15) is 4.79 Å². The van der Waals surface area contributed by atoms with Crippen molar-refractivity contribution >= 4 is 29.0 Å². The predicted molar refractivity (Wildman–Crippen MR) is 90.5 cm³/mol. The van der Waals surface area contributed by atoms with Crippen LogP contribution in [-0.2, 0) is 11.3 Å². The van der Waals surface area contributed by atoms with E-state index in [-0.39, 0.29) is 12.1 Å². The molecule has 0 aliphatic rings. The zero-order valence-electron chi connectivity index (χ0n) is 12.6. The number of amides is 2. The van der Waals surface area contributed by atoms with Crippen LogP contribution in [-0.4, -0.2) is 19.7 Å². The summed E-state index contributed by atoms with van der Waals surface area (Å²) >= 11 is 7.50. The molecule has 0 bridgehead atoms. The zero-order valence-corrected chi connectivity index (χ0v) is 14.1. The number of carbonyl (C=O) groups is 1. The van der Waals surface area contributed by atoms with Crippen LogP contribution in [0.2, 0.25) is 5.02 Å². The van der Waals surface area contributed by atoms with Gasteiger partial charge in [-0.2, -0.15) is 0 Å². The number of ether oxygens (including phenoxy) is 1. The number of halogens is 1. The number of thiophene rings is 1. The number of rotatable bonds is 6. The summed E-state index contributed by atoms with van der Waals surface area (Å²) in [6.07, 6.45) is -0.125. The Hall–Kier alpha value is -1.56. The summed E-state index contributed by atoms with van der Waals surface area (Å²) in [5.41, 5.74) is 0.997. The fourth-order valence-electron chi connectivity index (χ4n) is 1.96. The minimum atomic E-state index is -0.217. The standard InChI is InChI=1S/C16H19ClN2O2S/c1-11-3-8-15(22-11)14(21-2)10-19-16(20)18-9-12-4-6-13(17)7-5-12/h3-8,14H,9-10H2,1-2H3,(H2,18,19,20). The van der Waals surface area contributed by atoms with E-state index in [0.29, 0.717) is 18.1 Å². The van der Waals surface area contributed by atoms with Crippen molar-refractivity contribution in [3.8, 4) is 0 Å². The molecule has 0 aliphatic carbocycles. The number of nitrogens with one attached hydrogen (secondary N) is 2. The first-order valence-corrected chi connectivity index (χ1v) is 8.13. The maximum atomic E-state index is 11.8. The summed E-state index contributed by atoms with van der Waals surface area (Å²) in [6.45, 7) is 2.94. The van der Waals surface area contributed by atoms with Crippen molar-refractivity contribution in [2.75, 3.05) is 13.7 Å². The lowest BCUT2D eigenvalue weighted by molar-refractivity contribution is 0.107. The second-order valence-corrected chi connectivity index (χ2v) is 6.62. The third-order valence-corrected chi connectivity index (χ3v) is 4.52. The van der Waals surface area contributed by atoms with E-state index in [1.54, 1.807) is 30.6 Å². The highest BCUT2D eigenvalue weighted by Gasteiger charge is 2.13. The van der Waals surface area contributed by atoms with Crippen LogP contribution in [0.25, 0.3) is 0 Å². The Labute approximate surface area is 139 Å². The summed E-state index contributed by atoms with van der Waals surface area (Å²) in [4.78, 5) is 14.2. The van der Waals surface area contributed by atoms with Crippen LogP contribution in [0.3, 0.4) is 0 Å². The topological polar surface area (TPSA) is 50.4 Å². The van der Waals surface area contributed by atoms with E-state index in [1.807, 2.05) is 31.2 Å². The van der Waals surface area contributed by atoms with E-state index in [4.69, 9.17) is 16.3 Å². The average Bonchev–Trinajstić information content (AvgIpc) is 2.94. The molecule has 0 saturated carbocycles. The van der Waals surface area contributed by atoms with Gasteiger partial charge in [0.1, 0.15) is 6.10 Å². The molecule has 0 fully saturated rings. The SMILES string of the molecule is COC(CNC(=O)NCc1ccc(Cl)cc1)c1ccc(C)s1. The van der Waals surface area contributed by atoms with E-state index in [1.165, 1.54) is 4.88 Å².